The molecule has 0 saturated heterocycles. The van der Waals surface area contributed by atoms with Crippen molar-refractivity contribution in [3.63, 3.8) is 0 Å². The molecule has 2 heteroatoms. The first-order valence-corrected chi connectivity index (χ1v) is 5.85. The first-order chi connectivity index (χ1) is 8.57. The Morgan fingerprint density at radius 3 is 2.28 bits per heavy atom. The number of aromatic hydroxyl groups is 1. The Morgan fingerprint density at radius 2 is 1.67 bits per heavy atom. The number of benzene rings is 2. The van der Waals surface area contributed by atoms with E-state index in [0.717, 1.165) is 5.56 Å². The summed E-state index contributed by atoms with van der Waals surface area (Å²) in [7, 11) is 0. The highest BCUT2D eigenvalue weighted by molar-refractivity contribution is 5.54. The second kappa shape index (κ2) is 4.54. The van der Waals surface area contributed by atoms with E-state index in [2.05, 4.69) is 6.07 Å². The van der Waals surface area contributed by atoms with E-state index in [1.165, 1.54) is 0 Å². The maximum absolute atomic E-state index is 10.1. The highest BCUT2D eigenvalue weighted by atomic mass is 16.3. The number of rotatable bonds is 2. The Morgan fingerprint density at radius 1 is 1.00 bits per heavy atom. The molecular weight excluding hydrogens is 222 g/mol. The van der Waals surface area contributed by atoms with Crippen molar-refractivity contribution in [2.24, 2.45) is 0 Å². The van der Waals surface area contributed by atoms with Crippen LogP contribution in [-0.4, -0.2) is 5.11 Å². The van der Waals surface area contributed by atoms with E-state index < -0.39 is 5.41 Å². The van der Waals surface area contributed by atoms with Gasteiger partial charge in [-0.25, -0.2) is 0 Å². The van der Waals surface area contributed by atoms with Crippen LogP contribution in [0.1, 0.15) is 30.5 Å². The van der Waals surface area contributed by atoms with Gasteiger partial charge in [0.2, 0.25) is 0 Å². The summed E-state index contributed by atoms with van der Waals surface area (Å²) < 4.78 is 0. The van der Waals surface area contributed by atoms with Crippen molar-refractivity contribution in [2.75, 3.05) is 0 Å². The number of nitriles is 1. The average Bonchev–Trinajstić information content (AvgIpc) is 2.39. The summed E-state index contributed by atoms with van der Waals surface area (Å²) in [6.07, 6.45) is 0. The molecule has 0 aliphatic rings. The lowest BCUT2D eigenvalue weighted by atomic mass is 9.76. The standard InChI is InChI=1S/C16H15NO/c1-16(2,13-8-4-3-5-9-13)15-12(11-17)7-6-10-14(15)18/h3-10,18H,1-2H3. The molecule has 0 amide bonds. The van der Waals surface area contributed by atoms with Gasteiger partial charge < -0.3 is 5.11 Å². The summed E-state index contributed by atoms with van der Waals surface area (Å²) >= 11 is 0. The molecule has 90 valence electrons. The van der Waals surface area contributed by atoms with Gasteiger partial charge in [0.15, 0.2) is 0 Å². The molecule has 0 fully saturated rings. The molecule has 0 saturated carbocycles. The SMILES string of the molecule is CC(C)(c1ccccc1)c1c(O)cccc1C#N. The Hall–Kier alpha value is -2.27. The van der Waals surface area contributed by atoms with Crippen molar-refractivity contribution in [1.29, 1.82) is 5.26 Å². The summed E-state index contributed by atoms with van der Waals surface area (Å²) in [5.74, 6) is 0.169. The summed E-state index contributed by atoms with van der Waals surface area (Å²) in [6, 6.07) is 17.1. The van der Waals surface area contributed by atoms with Crippen LogP contribution in [0.25, 0.3) is 0 Å². The van der Waals surface area contributed by atoms with Gasteiger partial charge in [-0.05, 0) is 17.7 Å². The second-order valence-corrected chi connectivity index (χ2v) is 4.80. The zero-order valence-electron chi connectivity index (χ0n) is 10.5. The summed E-state index contributed by atoms with van der Waals surface area (Å²) in [5.41, 5.74) is 1.86. The van der Waals surface area contributed by atoms with Crippen LogP contribution >= 0.6 is 0 Å². The minimum Gasteiger partial charge on any atom is -0.508 e. The third-order valence-electron chi connectivity index (χ3n) is 3.28. The Bertz CT molecular complexity index is 594. The predicted octanol–water partition coefficient (Wildman–Crippen LogP) is 3.59. The minimum atomic E-state index is -0.405. The van der Waals surface area contributed by atoms with E-state index in [9.17, 15) is 10.4 Å². The quantitative estimate of drug-likeness (QED) is 0.867. The lowest BCUT2D eigenvalue weighted by molar-refractivity contribution is 0.452. The third-order valence-corrected chi connectivity index (χ3v) is 3.28. The molecule has 18 heavy (non-hydrogen) atoms. The van der Waals surface area contributed by atoms with Crippen LogP contribution in [-0.2, 0) is 5.41 Å². The minimum absolute atomic E-state index is 0.169. The fraction of sp³-hybridized carbons (Fsp3) is 0.188. The third kappa shape index (κ3) is 1.96. The molecule has 2 nitrogen and oxygen atoms in total. The van der Waals surface area contributed by atoms with Gasteiger partial charge in [0.05, 0.1) is 11.6 Å². The second-order valence-electron chi connectivity index (χ2n) is 4.80. The van der Waals surface area contributed by atoms with Crippen molar-refractivity contribution in [2.45, 2.75) is 19.3 Å². The predicted molar refractivity (Wildman–Crippen MR) is 71.4 cm³/mol. The van der Waals surface area contributed by atoms with Crippen molar-refractivity contribution in [3.05, 3.63) is 65.2 Å². The van der Waals surface area contributed by atoms with Gasteiger partial charge in [0, 0.05) is 11.0 Å². The maximum Gasteiger partial charge on any atom is 0.120 e. The number of hydrogen-bond donors (Lipinski definition) is 1. The van der Waals surface area contributed by atoms with Gasteiger partial charge in [-0.2, -0.15) is 5.26 Å². The molecule has 1 N–H and O–H groups in total. The Balaban J connectivity index is 2.65. The van der Waals surface area contributed by atoms with E-state index in [-0.39, 0.29) is 5.75 Å². The Kier molecular flexibility index (Phi) is 3.08. The normalized spacial score (nSPS) is 10.9. The van der Waals surface area contributed by atoms with Gasteiger partial charge in [-0.1, -0.05) is 50.2 Å². The van der Waals surface area contributed by atoms with Crippen molar-refractivity contribution in [3.8, 4) is 11.8 Å². The van der Waals surface area contributed by atoms with Gasteiger partial charge in [-0.15, -0.1) is 0 Å². The fourth-order valence-corrected chi connectivity index (χ4v) is 2.29. The molecular formula is C16H15NO. The van der Waals surface area contributed by atoms with Crippen LogP contribution in [0.2, 0.25) is 0 Å². The smallest absolute Gasteiger partial charge is 0.120 e. The van der Waals surface area contributed by atoms with E-state index in [1.807, 2.05) is 44.2 Å². The largest absolute Gasteiger partial charge is 0.508 e. The van der Waals surface area contributed by atoms with Gasteiger partial charge >= 0.3 is 0 Å². The van der Waals surface area contributed by atoms with Crippen LogP contribution < -0.4 is 0 Å². The highest BCUT2D eigenvalue weighted by Gasteiger charge is 2.28. The molecule has 2 aromatic carbocycles. The van der Waals surface area contributed by atoms with Gasteiger partial charge in [0.1, 0.15) is 5.75 Å². The topological polar surface area (TPSA) is 44.0 Å². The number of hydrogen-bond acceptors (Lipinski definition) is 2. The summed E-state index contributed by atoms with van der Waals surface area (Å²) in [6.45, 7) is 4.02. The summed E-state index contributed by atoms with van der Waals surface area (Å²) in [4.78, 5) is 0. The number of phenolic OH excluding ortho intramolecular Hbond substituents is 1. The van der Waals surface area contributed by atoms with E-state index in [4.69, 9.17) is 0 Å². The number of phenols is 1. The highest BCUT2D eigenvalue weighted by Crippen LogP contribution is 2.38. The van der Waals surface area contributed by atoms with Crippen molar-refractivity contribution < 1.29 is 5.11 Å². The summed E-state index contributed by atoms with van der Waals surface area (Å²) in [5, 5.41) is 19.3. The molecule has 0 aliphatic heterocycles. The van der Waals surface area contributed by atoms with Crippen molar-refractivity contribution in [1.82, 2.24) is 0 Å². The molecule has 0 bridgehead atoms. The van der Waals surface area contributed by atoms with Crippen LogP contribution in [0.3, 0.4) is 0 Å². The van der Waals surface area contributed by atoms with Gasteiger partial charge in [-0.3, -0.25) is 0 Å². The molecule has 0 radical (unpaired) electrons. The first-order valence-electron chi connectivity index (χ1n) is 5.85. The monoisotopic (exact) mass is 237 g/mol. The van der Waals surface area contributed by atoms with E-state index in [1.54, 1.807) is 18.2 Å². The first kappa shape index (κ1) is 12.2. The zero-order valence-corrected chi connectivity index (χ0v) is 10.5. The van der Waals surface area contributed by atoms with Crippen molar-refractivity contribution >= 4 is 0 Å². The number of nitrogens with zero attached hydrogens (tertiary/aromatic N) is 1. The molecule has 0 aliphatic carbocycles. The van der Waals surface area contributed by atoms with Crippen LogP contribution in [0.4, 0.5) is 0 Å². The molecule has 0 unspecified atom stereocenters. The van der Waals surface area contributed by atoms with Crippen LogP contribution in [0, 0.1) is 11.3 Å². The average molecular weight is 237 g/mol. The zero-order chi connectivity index (χ0) is 13.2. The van der Waals surface area contributed by atoms with E-state index >= 15 is 0 Å². The fourth-order valence-electron chi connectivity index (χ4n) is 2.29. The van der Waals surface area contributed by atoms with Crippen LogP contribution in [0.5, 0.6) is 5.75 Å². The molecule has 0 spiro atoms. The van der Waals surface area contributed by atoms with Crippen LogP contribution in [0.15, 0.2) is 48.5 Å². The lowest BCUT2D eigenvalue weighted by Crippen LogP contribution is -2.20. The Labute approximate surface area is 107 Å². The molecule has 0 aromatic heterocycles. The van der Waals surface area contributed by atoms with Gasteiger partial charge in [0.25, 0.3) is 0 Å². The lowest BCUT2D eigenvalue weighted by Gasteiger charge is -2.27. The maximum atomic E-state index is 10.1. The molecule has 2 aromatic rings. The molecule has 0 atom stereocenters. The van der Waals surface area contributed by atoms with E-state index in [0.29, 0.717) is 11.1 Å². The molecule has 2 rings (SSSR count). The molecule has 0 heterocycles.